The summed E-state index contributed by atoms with van der Waals surface area (Å²) >= 11 is 3.64. The van der Waals surface area contributed by atoms with Gasteiger partial charge in [-0.1, -0.05) is 128 Å². The van der Waals surface area contributed by atoms with E-state index in [1.165, 1.54) is 4.90 Å². The van der Waals surface area contributed by atoms with Crippen molar-refractivity contribution in [3.05, 3.63) is 130 Å². The fourth-order valence-electron chi connectivity index (χ4n) is 7.11. The number of aromatic nitrogens is 2. The van der Waals surface area contributed by atoms with Crippen molar-refractivity contribution in [1.82, 2.24) is 14.7 Å². The number of piperidine rings is 1. The highest BCUT2D eigenvalue weighted by Gasteiger charge is 2.46. The first-order valence-corrected chi connectivity index (χ1v) is 16.1. The minimum atomic E-state index is -0.996. The summed E-state index contributed by atoms with van der Waals surface area (Å²) in [5.41, 5.74) is 2.58. The zero-order chi connectivity index (χ0) is 31.8. The average Bonchev–Trinajstić information content (AvgIpc) is 3.39. The topological polar surface area (TPSA) is 87.5 Å². The van der Waals surface area contributed by atoms with Crippen molar-refractivity contribution in [2.75, 3.05) is 11.9 Å². The van der Waals surface area contributed by atoms with Crippen LogP contribution in [0.25, 0.3) is 10.9 Å². The van der Waals surface area contributed by atoms with E-state index in [9.17, 15) is 14.7 Å². The van der Waals surface area contributed by atoms with Gasteiger partial charge in [-0.2, -0.15) is 5.10 Å². The van der Waals surface area contributed by atoms with Crippen LogP contribution in [0.1, 0.15) is 50.3 Å². The molecule has 1 fully saturated rings. The molecular formula is C37H37BrN4O3. The predicted molar refractivity (Wildman–Crippen MR) is 181 cm³/mol. The number of nitrogens with zero attached hydrogens (tertiary/aromatic N) is 3. The van der Waals surface area contributed by atoms with Crippen LogP contribution in [0.15, 0.2) is 114 Å². The van der Waals surface area contributed by atoms with Crippen LogP contribution in [-0.4, -0.2) is 44.4 Å². The molecule has 2 amide bonds. The number of hydrogen-bond acceptors (Lipinski definition) is 3. The SMILES string of the molecule is CC(C)(C)[C@H]1C(C(=O)Nc2nn(C(c3ccccc3)(c3ccccc3)c3ccccc3)c3ccc(Br)cc23)CCCN1C(=O)O. The van der Waals surface area contributed by atoms with Crippen LogP contribution in [0.2, 0.25) is 0 Å². The minimum absolute atomic E-state index is 0.225. The highest BCUT2D eigenvalue weighted by molar-refractivity contribution is 9.10. The lowest BCUT2D eigenvalue weighted by Gasteiger charge is -2.46. The number of anilines is 1. The van der Waals surface area contributed by atoms with Crippen LogP contribution < -0.4 is 5.32 Å². The van der Waals surface area contributed by atoms with E-state index in [1.54, 1.807) is 0 Å². The molecule has 7 nitrogen and oxygen atoms in total. The van der Waals surface area contributed by atoms with Crippen molar-refractivity contribution in [3.8, 4) is 0 Å². The highest BCUT2D eigenvalue weighted by Crippen LogP contribution is 2.44. The molecule has 1 aliphatic rings. The van der Waals surface area contributed by atoms with Gasteiger partial charge in [0.05, 0.1) is 17.5 Å². The lowest BCUT2D eigenvalue weighted by atomic mass is 9.73. The second-order valence-electron chi connectivity index (χ2n) is 12.8. The van der Waals surface area contributed by atoms with Crippen LogP contribution >= 0.6 is 15.9 Å². The van der Waals surface area contributed by atoms with Crippen LogP contribution in [-0.2, 0) is 10.3 Å². The monoisotopic (exact) mass is 664 g/mol. The van der Waals surface area contributed by atoms with Crippen LogP contribution in [0.4, 0.5) is 10.6 Å². The minimum Gasteiger partial charge on any atom is -0.465 e. The lowest BCUT2D eigenvalue weighted by Crippen LogP contribution is -2.57. The van der Waals surface area contributed by atoms with Gasteiger partial charge in [-0.3, -0.25) is 4.79 Å². The van der Waals surface area contributed by atoms with Crippen molar-refractivity contribution in [1.29, 1.82) is 0 Å². The normalized spacial score (nSPS) is 17.3. The molecule has 2 N–H and O–H groups in total. The van der Waals surface area contributed by atoms with Crippen LogP contribution in [0.5, 0.6) is 0 Å². The summed E-state index contributed by atoms with van der Waals surface area (Å²) in [5, 5.41) is 19.2. The summed E-state index contributed by atoms with van der Waals surface area (Å²) < 4.78 is 2.88. The summed E-state index contributed by atoms with van der Waals surface area (Å²) in [4.78, 5) is 27.9. The molecule has 1 unspecified atom stereocenters. The Morgan fingerprint density at radius 2 is 1.38 bits per heavy atom. The van der Waals surface area contributed by atoms with Gasteiger partial charge in [-0.25, -0.2) is 9.48 Å². The molecule has 2 heterocycles. The Hall–Kier alpha value is -4.43. The number of likely N-dealkylation sites (tertiary alicyclic amines) is 1. The van der Waals surface area contributed by atoms with Gasteiger partial charge in [0, 0.05) is 16.4 Å². The Kier molecular flexibility index (Phi) is 8.27. The predicted octanol–water partition coefficient (Wildman–Crippen LogP) is 8.38. The van der Waals surface area contributed by atoms with E-state index in [4.69, 9.17) is 5.10 Å². The molecule has 1 aromatic heterocycles. The molecular weight excluding hydrogens is 628 g/mol. The first-order valence-electron chi connectivity index (χ1n) is 15.3. The fraction of sp³-hybridized carbons (Fsp3) is 0.270. The van der Waals surface area contributed by atoms with E-state index < -0.39 is 29.0 Å². The second kappa shape index (κ2) is 12.2. The van der Waals surface area contributed by atoms with Crippen molar-refractivity contribution >= 4 is 44.7 Å². The van der Waals surface area contributed by atoms with E-state index in [0.29, 0.717) is 25.2 Å². The third-order valence-electron chi connectivity index (χ3n) is 8.88. The summed E-state index contributed by atoms with van der Waals surface area (Å²) in [6.07, 6.45) is 0.225. The van der Waals surface area contributed by atoms with Crippen molar-refractivity contribution in [2.24, 2.45) is 11.3 Å². The number of carbonyl (C=O) groups is 2. The quantitative estimate of drug-likeness (QED) is 0.179. The maximum atomic E-state index is 14.2. The molecule has 2 atom stereocenters. The van der Waals surface area contributed by atoms with Gasteiger partial charge in [-0.15, -0.1) is 0 Å². The summed E-state index contributed by atoms with van der Waals surface area (Å²) in [6, 6.07) is 36.4. The number of nitrogens with one attached hydrogen (secondary N) is 1. The molecule has 1 saturated heterocycles. The van der Waals surface area contributed by atoms with Crippen molar-refractivity contribution < 1.29 is 14.7 Å². The number of halogens is 1. The molecule has 0 bridgehead atoms. The van der Waals surface area contributed by atoms with Crippen LogP contribution in [0.3, 0.4) is 0 Å². The van der Waals surface area contributed by atoms with Gasteiger partial charge in [0.15, 0.2) is 5.82 Å². The Labute approximate surface area is 272 Å². The maximum absolute atomic E-state index is 14.2. The Morgan fingerprint density at radius 3 is 1.87 bits per heavy atom. The van der Waals surface area contributed by atoms with E-state index >= 15 is 0 Å². The Morgan fingerprint density at radius 1 is 0.844 bits per heavy atom. The number of carboxylic acid groups (broad SMARTS) is 1. The second-order valence-corrected chi connectivity index (χ2v) is 13.7. The van der Waals surface area contributed by atoms with E-state index in [1.807, 2.05) is 98.2 Å². The highest BCUT2D eigenvalue weighted by atomic mass is 79.9. The fourth-order valence-corrected chi connectivity index (χ4v) is 7.47. The van der Waals surface area contributed by atoms with Gasteiger partial charge in [-0.05, 0) is 53.1 Å². The molecule has 4 aromatic carbocycles. The average molecular weight is 666 g/mol. The van der Waals surface area contributed by atoms with E-state index in [2.05, 4.69) is 57.6 Å². The molecule has 0 saturated carbocycles. The number of rotatable bonds is 6. The van der Waals surface area contributed by atoms with E-state index in [0.717, 1.165) is 32.1 Å². The number of amides is 2. The Bertz CT molecular complexity index is 1720. The molecule has 0 spiro atoms. The lowest BCUT2D eigenvalue weighted by molar-refractivity contribution is -0.125. The van der Waals surface area contributed by atoms with Gasteiger partial charge in [0.1, 0.15) is 5.54 Å². The molecule has 5 aromatic rings. The maximum Gasteiger partial charge on any atom is 0.407 e. The number of fused-ring (bicyclic) bond motifs is 1. The third kappa shape index (κ3) is 5.52. The smallest absolute Gasteiger partial charge is 0.407 e. The molecule has 0 radical (unpaired) electrons. The Balaban J connectivity index is 1.57. The van der Waals surface area contributed by atoms with Gasteiger partial charge in [0.2, 0.25) is 5.91 Å². The summed E-state index contributed by atoms with van der Waals surface area (Å²) in [6.45, 7) is 6.40. The number of hydrogen-bond donors (Lipinski definition) is 2. The van der Waals surface area contributed by atoms with Gasteiger partial charge >= 0.3 is 6.09 Å². The first-order chi connectivity index (χ1) is 21.6. The zero-order valence-corrected chi connectivity index (χ0v) is 27.2. The van der Waals surface area contributed by atoms with Gasteiger partial charge < -0.3 is 15.3 Å². The third-order valence-corrected chi connectivity index (χ3v) is 9.37. The van der Waals surface area contributed by atoms with E-state index in [-0.39, 0.29) is 5.91 Å². The largest absolute Gasteiger partial charge is 0.465 e. The molecule has 1 aliphatic heterocycles. The molecule has 230 valence electrons. The van der Waals surface area contributed by atoms with Crippen LogP contribution in [0, 0.1) is 11.3 Å². The molecule has 0 aliphatic carbocycles. The molecule has 6 rings (SSSR count). The summed E-state index contributed by atoms with van der Waals surface area (Å²) in [7, 11) is 0. The molecule has 8 heteroatoms. The molecule has 45 heavy (non-hydrogen) atoms. The summed E-state index contributed by atoms with van der Waals surface area (Å²) in [5.74, 6) is -0.315. The van der Waals surface area contributed by atoms with Gasteiger partial charge in [0.25, 0.3) is 0 Å². The zero-order valence-electron chi connectivity index (χ0n) is 25.7. The number of carbonyl (C=O) groups excluding carboxylic acids is 1. The first kappa shape index (κ1) is 30.6. The van der Waals surface area contributed by atoms with Crippen molar-refractivity contribution in [3.63, 3.8) is 0 Å². The number of benzene rings is 4. The van der Waals surface area contributed by atoms with Crippen molar-refractivity contribution in [2.45, 2.75) is 45.2 Å². The standard InChI is InChI=1S/C37H37BrN4O3/c1-36(2,3)32-29(20-13-23-41(32)35(44)45)34(43)39-33-30-24-28(38)21-22-31(30)42(40-33)37(25-14-7-4-8-15-25,26-16-9-5-10-17-26)27-18-11-6-12-19-27/h4-12,14-19,21-22,24,29,32H,13,20,23H2,1-3H3,(H,44,45)(H,39,40,43)/t29?,32-/m1/s1.